The largest absolute Gasteiger partial charge is 0.508 e. The van der Waals surface area contributed by atoms with Crippen molar-refractivity contribution in [1.29, 1.82) is 0 Å². The minimum absolute atomic E-state index is 0.0576. The van der Waals surface area contributed by atoms with Crippen LogP contribution in [0.25, 0.3) is 0 Å². The SMILES string of the molecule is COC(=O)N1C(=O)C2CC=C3C(CC4C(=O)N(c5ccc(F)c(Cl)c5)C(=O)C4(C)C3c3ccc(O)c(C)c3)C2C1=O. The van der Waals surface area contributed by atoms with Gasteiger partial charge < -0.3 is 9.84 Å². The van der Waals surface area contributed by atoms with Crippen molar-refractivity contribution in [2.75, 3.05) is 12.0 Å². The molecule has 4 aliphatic rings. The molecule has 2 aromatic carbocycles. The number of benzene rings is 2. The summed E-state index contributed by atoms with van der Waals surface area (Å²) in [5.41, 5.74) is 0.750. The zero-order chi connectivity index (χ0) is 29.5. The zero-order valence-corrected chi connectivity index (χ0v) is 23.1. The van der Waals surface area contributed by atoms with E-state index >= 15 is 0 Å². The predicted octanol–water partition coefficient (Wildman–Crippen LogP) is 4.49. The number of carbonyl (C=O) groups is 5. The predicted molar refractivity (Wildman–Crippen MR) is 143 cm³/mol. The fourth-order valence-corrected chi connectivity index (χ4v) is 7.57. The zero-order valence-electron chi connectivity index (χ0n) is 22.4. The van der Waals surface area contributed by atoms with E-state index in [9.17, 15) is 33.5 Å². The van der Waals surface area contributed by atoms with Crippen LogP contribution in [0.4, 0.5) is 14.9 Å². The van der Waals surface area contributed by atoms with Crippen LogP contribution >= 0.6 is 11.6 Å². The van der Waals surface area contributed by atoms with Crippen LogP contribution in [-0.2, 0) is 23.9 Å². The average Bonchev–Trinajstić information content (AvgIpc) is 3.31. The molecule has 1 saturated carbocycles. The molecule has 0 spiro atoms. The molecule has 2 aliphatic carbocycles. The number of rotatable bonds is 2. The number of methoxy groups -OCH3 is 1. The van der Waals surface area contributed by atoms with E-state index in [1.54, 1.807) is 26.0 Å². The molecule has 2 aliphatic heterocycles. The molecule has 0 radical (unpaired) electrons. The Kier molecular flexibility index (Phi) is 6.11. The topological polar surface area (TPSA) is 121 Å². The van der Waals surface area contributed by atoms with Crippen molar-refractivity contribution in [3.8, 4) is 5.75 Å². The molecule has 3 fully saturated rings. The molecular weight excluding hydrogens is 555 g/mol. The second-order valence-electron chi connectivity index (χ2n) is 11.3. The molecule has 6 rings (SSSR count). The molecule has 41 heavy (non-hydrogen) atoms. The first kappa shape index (κ1) is 27.1. The Labute approximate surface area is 239 Å². The number of aryl methyl sites for hydroxylation is 1. The summed E-state index contributed by atoms with van der Waals surface area (Å²) in [6.45, 7) is 3.42. The van der Waals surface area contributed by atoms with Gasteiger partial charge in [0.15, 0.2) is 0 Å². The maximum Gasteiger partial charge on any atom is 0.423 e. The van der Waals surface area contributed by atoms with Crippen molar-refractivity contribution in [2.24, 2.45) is 29.1 Å². The number of likely N-dealkylation sites (tertiary alicyclic amines) is 1. The average molecular weight is 581 g/mol. The van der Waals surface area contributed by atoms with Gasteiger partial charge >= 0.3 is 6.09 Å². The van der Waals surface area contributed by atoms with Crippen molar-refractivity contribution >= 4 is 47.0 Å². The van der Waals surface area contributed by atoms with Gasteiger partial charge in [-0.2, -0.15) is 4.90 Å². The van der Waals surface area contributed by atoms with E-state index in [1.165, 1.54) is 18.2 Å². The van der Waals surface area contributed by atoms with Gasteiger partial charge in [-0.1, -0.05) is 35.4 Å². The van der Waals surface area contributed by atoms with Crippen LogP contribution < -0.4 is 4.90 Å². The molecule has 5 amide bonds. The maximum atomic E-state index is 14.3. The summed E-state index contributed by atoms with van der Waals surface area (Å²) in [4.78, 5) is 69.0. The summed E-state index contributed by atoms with van der Waals surface area (Å²) >= 11 is 6.00. The van der Waals surface area contributed by atoms with E-state index in [4.69, 9.17) is 16.3 Å². The highest BCUT2D eigenvalue weighted by molar-refractivity contribution is 6.31. The van der Waals surface area contributed by atoms with Gasteiger partial charge in [0.05, 0.1) is 41.0 Å². The number of amides is 5. The van der Waals surface area contributed by atoms with Crippen LogP contribution in [0.3, 0.4) is 0 Å². The van der Waals surface area contributed by atoms with Crippen LogP contribution in [-0.4, -0.2) is 46.8 Å². The molecular formula is C30H26ClFN2O7. The van der Waals surface area contributed by atoms with Crippen LogP contribution in [0.15, 0.2) is 48.0 Å². The lowest BCUT2D eigenvalue weighted by atomic mass is 9.51. The number of halogens is 2. The summed E-state index contributed by atoms with van der Waals surface area (Å²) in [5.74, 6) is -6.95. The number of phenols is 1. The van der Waals surface area contributed by atoms with Crippen LogP contribution in [0.1, 0.15) is 36.8 Å². The van der Waals surface area contributed by atoms with Crippen molar-refractivity contribution < 1.29 is 38.2 Å². The van der Waals surface area contributed by atoms with Gasteiger partial charge in [-0.15, -0.1) is 0 Å². The summed E-state index contributed by atoms with van der Waals surface area (Å²) in [6.07, 6.45) is 1.04. The van der Waals surface area contributed by atoms with Gasteiger partial charge in [-0.3, -0.25) is 19.2 Å². The number of carbonyl (C=O) groups excluding carboxylic acids is 5. The minimum atomic E-state index is -1.32. The Balaban J connectivity index is 1.52. The highest BCUT2D eigenvalue weighted by atomic mass is 35.5. The first-order valence-electron chi connectivity index (χ1n) is 13.2. The standard InChI is InChI=1S/C30H26ClFN2O7/c1-13-10-14(4-9-22(13)35)24-16-6-7-17-23(27(38)34(25(17)36)29(40)41-3)18(16)12-19-26(37)33(28(39)30(19,24)2)15-5-8-21(32)20(31)11-15/h4-6,8-11,17-19,23-24,35H,7,12H2,1-3H3. The molecule has 1 N–H and O–H groups in total. The normalized spacial score (nSPS) is 30.7. The van der Waals surface area contributed by atoms with Gasteiger partial charge in [0, 0.05) is 5.92 Å². The highest BCUT2D eigenvalue weighted by Gasteiger charge is 2.68. The van der Waals surface area contributed by atoms with E-state index in [2.05, 4.69) is 0 Å². The first-order valence-corrected chi connectivity index (χ1v) is 13.6. The van der Waals surface area contributed by atoms with Crippen molar-refractivity contribution in [3.05, 3.63) is 70.0 Å². The summed E-state index contributed by atoms with van der Waals surface area (Å²) in [5, 5.41) is 9.99. The van der Waals surface area contributed by atoms with E-state index in [-0.39, 0.29) is 29.3 Å². The van der Waals surface area contributed by atoms with Crippen LogP contribution in [0, 0.1) is 41.8 Å². The Morgan fingerprint density at radius 1 is 1.07 bits per heavy atom. The molecule has 0 aromatic heterocycles. The highest BCUT2D eigenvalue weighted by Crippen LogP contribution is 2.63. The quantitative estimate of drug-likeness (QED) is 0.410. The lowest BCUT2D eigenvalue weighted by Gasteiger charge is -2.49. The van der Waals surface area contributed by atoms with Crippen molar-refractivity contribution in [2.45, 2.75) is 32.6 Å². The third-order valence-electron chi connectivity index (χ3n) is 9.35. The molecule has 2 saturated heterocycles. The number of aromatic hydroxyl groups is 1. The number of imide groups is 4. The number of nitrogens with zero attached hydrogens (tertiary/aromatic N) is 2. The molecule has 212 valence electrons. The van der Waals surface area contributed by atoms with Gasteiger partial charge in [-0.25, -0.2) is 14.1 Å². The fourth-order valence-electron chi connectivity index (χ4n) is 7.40. The van der Waals surface area contributed by atoms with Crippen molar-refractivity contribution in [3.63, 3.8) is 0 Å². The molecule has 0 bridgehead atoms. The van der Waals surface area contributed by atoms with Crippen LogP contribution in [0.2, 0.25) is 5.02 Å². The first-order chi connectivity index (χ1) is 19.4. The van der Waals surface area contributed by atoms with Crippen molar-refractivity contribution in [1.82, 2.24) is 4.90 Å². The second kappa shape index (κ2) is 9.24. The molecule has 9 nitrogen and oxygen atoms in total. The molecule has 6 atom stereocenters. The Morgan fingerprint density at radius 3 is 2.46 bits per heavy atom. The fraction of sp³-hybridized carbons (Fsp3) is 0.367. The van der Waals surface area contributed by atoms with E-state index in [0.29, 0.717) is 16.0 Å². The van der Waals surface area contributed by atoms with Crippen LogP contribution in [0.5, 0.6) is 5.75 Å². The van der Waals surface area contributed by atoms with E-state index < -0.39 is 70.5 Å². The van der Waals surface area contributed by atoms with Gasteiger partial charge in [0.1, 0.15) is 11.6 Å². The smallest absolute Gasteiger partial charge is 0.423 e. The van der Waals surface area contributed by atoms with E-state index in [1.807, 2.05) is 6.08 Å². The lowest BCUT2D eigenvalue weighted by Crippen LogP contribution is -2.49. The Hall–Kier alpha value is -4.05. The number of allylic oxidation sites excluding steroid dienone is 2. The summed E-state index contributed by atoms with van der Waals surface area (Å²) < 4.78 is 18.7. The molecule has 6 unspecified atom stereocenters. The maximum absolute atomic E-state index is 14.3. The van der Waals surface area contributed by atoms with Gasteiger partial charge in [0.25, 0.3) is 0 Å². The number of phenolic OH excluding ortho intramolecular Hbond substituents is 1. The number of fused-ring (bicyclic) bond motifs is 4. The minimum Gasteiger partial charge on any atom is -0.508 e. The Morgan fingerprint density at radius 2 is 1.80 bits per heavy atom. The number of ether oxygens (including phenoxy) is 1. The Bertz CT molecular complexity index is 1610. The third kappa shape index (κ3) is 3.62. The second-order valence-corrected chi connectivity index (χ2v) is 11.7. The van der Waals surface area contributed by atoms with E-state index in [0.717, 1.165) is 23.6 Å². The van der Waals surface area contributed by atoms with Gasteiger partial charge in [-0.05, 0) is 68.0 Å². The number of hydrogen-bond acceptors (Lipinski definition) is 7. The lowest BCUT2D eigenvalue weighted by molar-refractivity contribution is -0.138. The monoisotopic (exact) mass is 580 g/mol. The molecule has 2 heterocycles. The van der Waals surface area contributed by atoms with Gasteiger partial charge in [0.2, 0.25) is 23.6 Å². The number of hydrogen-bond donors (Lipinski definition) is 1. The third-order valence-corrected chi connectivity index (χ3v) is 9.64. The number of anilines is 1. The summed E-state index contributed by atoms with van der Waals surface area (Å²) in [6, 6.07) is 8.56. The molecule has 11 heteroatoms. The summed E-state index contributed by atoms with van der Waals surface area (Å²) in [7, 11) is 1.09. The molecule has 2 aromatic rings.